The van der Waals surface area contributed by atoms with Crippen molar-refractivity contribution in [3.8, 4) is 11.5 Å². The molecule has 24 heavy (non-hydrogen) atoms. The summed E-state index contributed by atoms with van der Waals surface area (Å²) in [4.78, 5) is 11.9. The Morgan fingerprint density at radius 3 is 2.33 bits per heavy atom. The van der Waals surface area contributed by atoms with Crippen LogP contribution < -0.4 is 20.1 Å². The maximum atomic E-state index is 11.9. The van der Waals surface area contributed by atoms with E-state index >= 15 is 0 Å². The molecule has 0 saturated heterocycles. The lowest BCUT2D eigenvalue weighted by Crippen LogP contribution is -2.32. The summed E-state index contributed by atoms with van der Waals surface area (Å²) in [5, 5.41) is 5.60. The van der Waals surface area contributed by atoms with Crippen molar-refractivity contribution in [3.05, 3.63) is 53.1 Å². The van der Waals surface area contributed by atoms with Crippen LogP contribution in [0.5, 0.6) is 11.5 Å². The molecule has 0 heterocycles. The highest BCUT2D eigenvalue weighted by molar-refractivity contribution is 5.89. The molecule has 0 saturated carbocycles. The molecule has 0 aliphatic heterocycles. The zero-order chi connectivity index (χ0) is 17.5. The third-order valence-electron chi connectivity index (χ3n) is 3.44. The van der Waals surface area contributed by atoms with E-state index in [1.165, 1.54) is 0 Å². The minimum absolute atomic E-state index is 0.250. The van der Waals surface area contributed by atoms with Crippen LogP contribution in [0.25, 0.3) is 0 Å². The molecule has 0 radical (unpaired) electrons. The van der Waals surface area contributed by atoms with Crippen molar-refractivity contribution >= 4 is 11.7 Å². The fraction of sp³-hybridized carbons (Fsp3) is 0.316. The van der Waals surface area contributed by atoms with E-state index in [-0.39, 0.29) is 6.03 Å². The van der Waals surface area contributed by atoms with Gasteiger partial charge in [0.15, 0.2) is 11.5 Å². The van der Waals surface area contributed by atoms with Crippen molar-refractivity contribution in [1.29, 1.82) is 0 Å². The molecule has 5 heteroatoms. The van der Waals surface area contributed by atoms with Crippen LogP contribution in [0.2, 0.25) is 0 Å². The Kier molecular flexibility index (Phi) is 6.07. The van der Waals surface area contributed by atoms with Gasteiger partial charge in [0.2, 0.25) is 0 Å². The fourth-order valence-corrected chi connectivity index (χ4v) is 2.44. The van der Waals surface area contributed by atoms with E-state index in [0.717, 1.165) is 22.4 Å². The Morgan fingerprint density at radius 1 is 0.958 bits per heavy atom. The van der Waals surface area contributed by atoms with Gasteiger partial charge in [-0.15, -0.1) is 0 Å². The summed E-state index contributed by atoms with van der Waals surface area (Å²) in [7, 11) is 1.61. The van der Waals surface area contributed by atoms with Crippen molar-refractivity contribution in [2.75, 3.05) is 25.6 Å². The quantitative estimate of drug-likeness (QED) is 0.793. The molecule has 0 atom stereocenters. The standard InChI is InChI=1S/C19H24N2O3/c1-13-5-6-17(18(12-13)23-4)24-8-7-20-19(22)21-16-10-14(2)9-15(3)11-16/h5-6,9-12H,7-8H2,1-4H3,(H2,20,21,22). The number of methoxy groups -OCH3 is 1. The molecule has 0 bridgehead atoms. The van der Waals surface area contributed by atoms with Crippen molar-refractivity contribution < 1.29 is 14.3 Å². The van der Waals surface area contributed by atoms with Crippen LogP contribution in [0.1, 0.15) is 16.7 Å². The predicted octanol–water partition coefficient (Wildman–Crippen LogP) is 3.82. The van der Waals surface area contributed by atoms with Gasteiger partial charge in [-0.05, 0) is 61.7 Å². The average Bonchev–Trinajstić information content (AvgIpc) is 2.51. The van der Waals surface area contributed by atoms with Gasteiger partial charge in [-0.2, -0.15) is 0 Å². The highest BCUT2D eigenvalue weighted by atomic mass is 16.5. The Morgan fingerprint density at radius 2 is 1.67 bits per heavy atom. The van der Waals surface area contributed by atoms with Gasteiger partial charge >= 0.3 is 6.03 Å². The van der Waals surface area contributed by atoms with Crippen LogP contribution >= 0.6 is 0 Å². The second kappa shape index (κ2) is 8.24. The molecule has 2 N–H and O–H groups in total. The molecular weight excluding hydrogens is 304 g/mol. The number of aryl methyl sites for hydroxylation is 3. The van der Waals surface area contributed by atoms with Gasteiger partial charge in [-0.1, -0.05) is 12.1 Å². The Hall–Kier alpha value is -2.69. The Balaban J connectivity index is 1.79. The third-order valence-corrected chi connectivity index (χ3v) is 3.44. The number of nitrogens with one attached hydrogen (secondary N) is 2. The minimum Gasteiger partial charge on any atom is -0.493 e. The molecule has 5 nitrogen and oxygen atoms in total. The number of urea groups is 1. The van der Waals surface area contributed by atoms with Gasteiger partial charge in [0.1, 0.15) is 6.61 Å². The molecule has 2 rings (SSSR count). The molecule has 0 unspecified atom stereocenters. The molecule has 2 aromatic rings. The zero-order valence-corrected chi connectivity index (χ0v) is 14.6. The molecule has 2 aromatic carbocycles. The fourth-order valence-electron chi connectivity index (χ4n) is 2.44. The maximum absolute atomic E-state index is 11.9. The summed E-state index contributed by atoms with van der Waals surface area (Å²) in [6, 6.07) is 11.4. The number of benzene rings is 2. The minimum atomic E-state index is -0.250. The van der Waals surface area contributed by atoms with Crippen LogP contribution in [0.3, 0.4) is 0 Å². The number of ether oxygens (including phenoxy) is 2. The van der Waals surface area contributed by atoms with Gasteiger partial charge in [0.25, 0.3) is 0 Å². The lowest BCUT2D eigenvalue weighted by Gasteiger charge is -2.12. The van der Waals surface area contributed by atoms with Crippen molar-refractivity contribution in [1.82, 2.24) is 5.32 Å². The summed E-state index contributed by atoms with van der Waals surface area (Å²) < 4.78 is 10.9. The monoisotopic (exact) mass is 328 g/mol. The Bertz CT molecular complexity index is 694. The topological polar surface area (TPSA) is 59.6 Å². The second-order valence-electron chi connectivity index (χ2n) is 5.76. The van der Waals surface area contributed by atoms with E-state index in [4.69, 9.17) is 9.47 Å². The Labute approximate surface area is 143 Å². The summed E-state index contributed by atoms with van der Waals surface area (Å²) >= 11 is 0. The number of hydrogen-bond donors (Lipinski definition) is 2. The summed E-state index contributed by atoms with van der Waals surface area (Å²) in [6.45, 7) is 6.75. The first kappa shape index (κ1) is 17.7. The van der Waals surface area contributed by atoms with E-state index < -0.39 is 0 Å². The van der Waals surface area contributed by atoms with Crippen LogP contribution in [0.15, 0.2) is 36.4 Å². The smallest absolute Gasteiger partial charge is 0.319 e. The third kappa shape index (κ3) is 5.19. The van der Waals surface area contributed by atoms with Gasteiger partial charge in [-0.25, -0.2) is 4.79 Å². The molecule has 0 spiro atoms. The van der Waals surface area contributed by atoms with E-state index in [2.05, 4.69) is 16.7 Å². The number of hydrogen-bond acceptors (Lipinski definition) is 3. The highest BCUT2D eigenvalue weighted by Crippen LogP contribution is 2.27. The predicted molar refractivity (Wildman–Crippen MR) is 96.2 cm³/mol. The average molecular weight is 328 g/mol. The van der Waals surface area contributed by atoms with E-state index in [9.17, 15) is 4.79 Å². The molecule has 128 valence electrons. The van der Waals surface area contributed by atoms with Crippen LogP contribution in [0.4, 0.5) is 10.5 Å². The number of amides is 2. The normalized spacial score (nSPS) is 10.2. The first-order valence-corrected chi connectivity index (χ1v) is 7.88. The van der Waals surface area contributed by atoms with E-state index in [0.29, 0.717) is 24.7 Å². The highest BCUT2D eigenvalue weighted by Gasteiger charge is 2.05. The number of carbonyl (C=O) groups excluding carboxylic acids is 1. The van der Waals surface area contributed by atoms with E-state index in [1.54, 1.807) is 7.11 Å². The van der Waals surface area contributed by atoms with Crippen molar-refractivity contribution in [3.63, 3.8) is 0 Å². The largest absolute Gasteiger partial charge is 0.493 e. The molecule has 0 aliphatic carbocycles. The molecule has 0 aliphatic rings. The lowest BCUT2D eigenvalue weighted by molar-refractivity contribution is 0.246. The van der Waals surface area contributed by atoms with Gasteiger partial charge in [-0.3, -0.25) is 0 Å². The second-order valence-corrected chi connectivity index (χ2v) is 5.76. The van der Waals surface area contributed by atoms with Crippen molar-refractivity contribution in [2.24, 2.45) is 0 Å². The van der Waals surface area contributed by atoms with Crippen LogP contribution in [-0.4, -0.2) is 26.3 Å². The van der Waals surface area contributed by atoms with E-state index in [1.807, 2.05) is 51.1 Å². The van der Waals surface area contributed by atoms with Gasteiger partial charge in [0.05, 0.1) is 13.7 Å². The summed E-state index contributed by atoms with van der Waals surface area (Å²) in [5.41, 5.74) is 4.11. The van der Waals surface area contributed by atoms with Gasteiger partial charge < -0.3 is 20.1 Å². The summed E-state index contributed by atoms with van der Waals surface area (Å²) in [6.07, 6.45) is 0. The molecular formula is C19H24N2O3. The number of carbonyl (C=O) groups is 1. The van der Waals surface area contributed by atoms with Gasteiger partial charge in [0, 0.05) is 5.69 Å². The zero-order valence-electron chi connectivity index (χ0n) is 14.6. The molecule has 0 fully saturated rings. The number of rotatable bonds is 6. The first-order chi connectivity index (χ1) is 11.5. The first-order valence-electron chi connectivity index (χ1n) is 7.88. The van der Waals surface area contributed by atoms with Crippen molar-refractivity contribution in [2.45, 2.75) is 20.8 Å². The SMILES string of the molecule is COc1cc(C)ccc1OCCNC(=O)Nc1cc(C)cc(C)c1. The number of anilines is 1. The lowest BCUT2D eigenvalue weighted by atomic mass is 10.1. The molecule has 0 aromatic heterocycles. The maximum Gasteiger partial charge on any atom is 0.319 e. The van der Waals surface area contributed by atoms with Crippen LogP contribution in [0, 0.1) is 20.8 Å². The van der Waals surface area contributed by atoms with Crippen LogP contribution in [-0.2, 0) is 0 Å². The molecule has 2 amide bonds. The summed E-state index contributed by atoms with van der Waals surface area (Å²) in [5.74, 6) is 1.36.